The Morgan fingerprint density at radius 3 is 2.86 bits per heavy atom. The Bertz CT molecular complexity index is 791. The van der Waals surface area contributed by atoms with E-state index in [4.69, 9.17) is 11.6 Å². The van der Waals surface area contributed by atoms with Gasteiger partial charge < -0.3 is 4.74 Å². The van der Waals surface area contributed by atoms with Crippen LogP contribution in [0, 0.1) is 5.82 Å². The average Bonchev–Trinajstić information content (AvgIpc) is 2.92. The van der Waals surface area contributed by atoms with Crippen LogP contribution in [0.15, 0.2) is 27.9 Å². The molecule has 2 rings (SSSR count). The highest BCUT2D eigenvalue weighted by atomic mass is 35.5. The largest absolute Gasteiger partial charge is 0.464 e. The van der Waals surface area contributed by atoms with Crippen molar-refractivity contribution in [2.75, 3.05) is 11.8 Å². The third-order valence-electron chi connectivity index (χ3n) is 2.33. The Balaban J connectivity index is 2.42. The molecule has 21 heavy (non-hydrogen) atoms. The topological polar surface area (TPSA) is 85.4 Å². The summed E-state index contributed by atoms with van der Waals surface area (Å²) in [6.45, 7) is 0. The lowest BCUT2D eigenvalue weighted by Gasteiger charge is -2.09. The third kappa shape index (κ3) is 3.31. The highest BCUT2D eigenvalue weighted by Crippen LogP contribution is 2.28. The molecule has 0 aliphatic heterocycles. The molecule has 0 aliphatic carbocycles. The molecule has 1 heterocycles. The van der Waals surface area contributed by atoms with Crippen LogP contribution in [-0.4, -0.2) is 26.5 Å². The van der Waals surface area contributed by atoms with Crippen LogP contribution in [0.25, 0.3) is 0 Å². The Morgan fingerprint density at radius 1 is 1.48 bits per heavy atom. The molecule has 0 amide bonds. The van der Waals surface area contributed by atoms with E-state index in [9.17, 15) is 17.6 Å². The average molecular weight is 351 g/mol. The van der Waals surface area contributed by atoms with Crippen molar-refractivity contribution < 1.29 is 22.3 Å². The zero-order valence-electron chi connectivity index (χ0n) is 10.5. The maximum atomic E-state index is 13.1. The number of aromatic nitrogens is 1. The van der Waals surface area contributed by atoms with Crippen LogP contribution in [0.3, 0.4) is 0 Å². The molecule has 0 atom stereocenters. The minimum atomic E-state index is -4.14. The standard InChI is InChI=1S/C11H8ClFN2O4S2/c1-19-10(16)9-11(20-5-14-9)21(17,18)15-8-4-6(13)2-3-7(8)12/h2-5,15H,1H3. The second-order valence-corrected chi connectivity index (χ2v) is 6.85. The highest BCUT2D eigenvalue weighted by molar-refractivity contribution is 7.94. The predicted molar refractivity (Wildman–Crippen MR) is 75.7 cm³/mol. The second kappa shape index (κ2) is 5.96. The quantitative estimate of drug-likeness (QED) is 0.856. The van der Waals surface area contributed by atoms with Gasteiger partial charge in [-0.2, -0.15) is 0 Å². The number of hydrogen-bond acceptors (Lipinski definition) is 6. The molecular formula is C11H8ClFN2O4S2. The summed E-state index contributed by atoms with van der Waals surface area (Å²) < 4.78 is 43.8. The zero-order chi connectivity index (χ0) is 15.6. The summed E-state index contributed by atoms with van der Waals surface area (Å²) in [5.74, 6) is -1.54. The SMILES string of the molecule is COC(=O)c1ncsc1S(=O)(=O)Nc1cc(F)ccc1Cl. The van der Waals surface area contributed by atoms with Gasteiger partial charge in [0, 0.05) is 0 Å². The number of carbonyl (C=O) groups is 1. The highest BCUT2D eigenvalue weighted by Gasteiger charge is 2.27. The van der Waals surface area contributed by atoms with Crippen LogP contribution in [0.4, 0.5) is 10.1 Å². The van der Waals surface area contributed by atoms with E-state index >= 15 is 0 Å². The Hall–Kier alpha value is -1.71. The molecular weight excluding hydrogens is 343 g/mol. The van der Waals surface area contributed by atoms with Gasteiger partial charge in [0.25, 0.3) is 10.0 Å². The third-order valence-corrected chi connectivity index (χ3v) is 5.40. The number of carbonyl (C=O) groups excluding carboxylic acids is 1. The molecule has 0 bridgehead atoms. The predicted octanol–water partition coefficient (Wildman–Crippen LogP) is 2.52. The Kier molecular flexibility index (Phi) is 4.45. The van der Waals surface area contributed by atoms with E-state index in [1.54, 1.807) is 0 Å². The van der Waals surface area contributed by atoms with Crippen LogP contribution < -0.4 is 4.72 Å². The van der Waals surface area contributed by atoms with Crippen LogP contribution in [0.2, 0.25) is 5.02 Å². The fourth-order valence-electron chi connectivity index (χ4n) is 1.43. The van der Waals surface area contributed by atoms with Crippen LogP contribution >= 0.6 is 22.9 Å². The monoisotopic (exact) mass is 350 g/mol. The number of nitrogens with zero attached hydrogens (tertiary/aromatic N) is 1. The Morgan fingerprint density at radius 2 is 2.19 bits per heavy atom. The van der Waals surface area contributed by atoms with Crippen molar-refractivity contribution in [3.05, 3.63) is 40.2 Å². The molecule has 0 spiro atoms. The minimum absolute atomic E-state index is 0.0177. The normalized spacial score (nSPS) is 11.2. The first kappa shape index (κ1) is 15.7. The van der Waals surface area contributed by atoms with Crippen molar-refractivity contribution in [1.29, 1.82) is 0 Å². The number of hydrogen-bond donors (Lipinski definition) is 1. The van der Waals surface area contributed by atoms with Gasteiger partial charge in [0.2, 0.25) is 0 Å². The summed E-state index contributed by atoms with van der Waals surface area (Å²) in [6.07, 6.45) is 0. The summed E-state index contributed by atoms with van der Waals surface area (Å²) in [4.78, 5) is 15.1. The van der Waals surface area contributed by atoms with E-state index < -0.39 is 21.8 Å². The molecule has 0 saturated carbocycles. The minimum Gasteiger partial charge on any atom is -0.464 e. The van der Waals surface area contributed by atoms with Gasteiger partial charge in [-0.25, -0.2) is 22.6 Å². The van der Waals surface area contributed by atoms with Crippen molar-refractivity contribution in [3.8, 4) is 0 Å². The van der Waals surface area contributed by atoms with E-state index in [0.717, 1.165) is 30.6 Å². The summed E-state index contributed by atoms with van der Waals surface area (Å²) in [6, 6.07) is 3.23. The first-order valence-corrected chi connectivity index (χ1v) is 8.09. The number of ether oxygens (including phenoxy) is 1. The second-order valence-electron chi connectivity index (χ2n) is 3.71. The Labute approximate surface area is 128 Å². The fraction of sp³-hybridized carbons (Fsp3) is 0.0909. The molecule has 0 saturated heterocycles. The number of sulfonamides is 1. The van der Waals surface area contributed by atoms with E-state index in [0.29, 0.717) is 0 Å². The molecule has 0 radical (unpaired) electrons. The van der Waals surface area contributed by atoms with Crippen molar-refractivity contribution in [3.63, 3.8) is 0 Å². The van der Waals surface area contributed by atoms with Crippen LogP contribution in [0.1, 0.15) is 10.5 Å². The van der Waals surface area contributed by atoms with Crippen molar-refractivity contribution in [1.82, 2.24) is 4.98 Å². The molecule has 1 aromatic carbocycles. The fourth-order valence-corrected chi connectivity index (χ4v) is 3.85. The zero-order valence-corrected chi connectivity index (χ0v) is 12.9. The van der Waals surface area contributed by atoms with Gasteiger partial charge in [0.15, 0.2) is 9.90 Å². The molecule has 6 nitrogen and oxygen atoms in total. The lowest BCUT2D eigenvalue weighted by atomic mass is 10.3. The van der Waals surface area contributed by atoms with Gasteiger partial charge in [0.1, 0.15) is 5.82 Å². The van der Waals surface area contributed by atoms with E-state index in [2.05, 4.69) is 14.4 Å². The number of benzene rings is 1. The lowest BCUT2D eigenvalue weighted by molar-refractivity contribution is 0.0590. The van der Waals surface area contributed by atoms with Gasteiger partial charge >= 0.3 is 5.97 Å². The summed E-state index contributed by atoms with van der Waals surface area (Å²) >= 11 is 6.53. The first-order valence-electron chi connectivity index (χ1n) is 5.35. The van der Waals surface area contributed by atoms with Crippen LogP contribution in [0.5, 0.6) is 0 Å². The number of nitrogens with one attached hydrogen (secondary N) is 1. The van der Waals surface area contributed by atoms with Crippen molar-refractivity contribution in [2.24, 2.45) is 0 Å². The number of halogens is 2. The molecule has 1 N–H and O–H groups in total. The molecule has 0 aliphatic rings. The number of rotatable bonds is 4. The maximum Gasteiger partial charge on any atom is 0.358 e. The molecule has 112 valence electrons. The lowest BCUT2D eigenvalue weighted by Crippen LogP contribution is -2.16. The van der Waals surface area contributed by atoms with Gasteiger partial charge in [-0.1, -0.05) is 11.6 Å². The molecule has 2 aromatic rings. The molecule has 10 heteroatoms. The molecule has 0 unspecified atom stereocenters. The van der Waals surface area contributed by atoms with Crippen LogP contribution in [-0.2, 0) is 14.8 Å². The van der Waals surface area contributed by atoms with Gasteiger partial charge in [0.05, 0.1) is 23.3 Å². The van der Waals surface area contributed by atoms with Gasteiger partial charge in [-0.15, -0.1) is 11.3 Å². The summed E-state index contributed by atoms with van der Waals surface area (Å²) in [5.41, 5.74) is 0.706. The first-order chi connectivity index (χ1) is 9.85. The molecule has 0 fully saturated rings. The summed E-state index contributed by atoms with van der Waals surface area (Å²) in [7, 11) is -3.03. The maximum absolute atomic E-state index is 13.1. The smallest absolute Gasteiger partial charge is 0.358 e. The number of methoxy groups -OCH3 is 1. The molecule has 1 aromatic heterocycles. The van der Waals surface area contributed by atoms with E-state index in [1.807, 2.05) is 0 Å². The summed E-state index contributed by atoms with van der Waals surface area (Å²) in [5, 5.41) is 0.0177. The van der Waals surface area contributed by atoms with Crippen molar-refractivity contribution >= 4 is 44.6 Å². The van der Waals surface area contributed by atoms with E-state index in [1.165, 1.54) is 11.6 Å². The number of esters is 1. The van der Waals surface area contributed by atoms with Gasteiger partial charge in [-0.3, -0.25) is 4.72 Å². The number of thiazole rings is 1. The van der Waals surface area contributed by atoms with Crippen molar-refractivity contribution in [2.45, 2.75) is 4.21 Å². The van der Waals surface area contributed by atoms with E-state index in [-0.39, 0.29) is 20.6 Å². The van der Waals surface area contributed by atoms with Gasteiger partial charge in [-0.05, 0) is 18.2 Å². The number of anilines is 1.